The molecule has 0 aliphatic carbocycles. The maximum absolute atomic E-state index is 12.9. The Labute approximate surface area is 189 Å². The summed E-state index contributed by atoms with van der Waals surface area (Å²) in [5.74, 6) is 0.176. The summed E-state index contributed by atoms with van der Waals surface area (Å²) in [5, 5.41) is 14.6. The molecular formula is C23H23ClN6O2. The number of aromatic nitrogens is 2. The van der Waals surface area contributed by atoms with Crippen LogP contribution in [0, 0.1) is 5.41 Å². The smallest absolute Gasteiger partial charge is 0.258 e. The van der Waals surface area contributed by atoms with E-state index in [4.69, 9.17) is 22.7 Å². The average Bonchev–Trinajstić information content (AvgIpc) is 3.34. The summed E-state index contributed by atoms with van der Waals surface area (Å²) in [4.78, 5) is 33.2. The Bertz CT molecular complexity index is 1250. The highest BCUT2D eigenvalue weighted by Crippen LogP contribution is 2.23. The minimum absolute atomic E-state index is 0.149. The van der Waals surface area contributed by atoms with E-state index in [1.165, 1.54) is 6.20 Å². The van der Waals surface area contributed by atoms with Gasteiger partial charge in [-0.2, -0.15) is 0 Å². The molecule has 3 aromatic rings. The third-order valence-electron chi connectivity index (χ3n) is 5.53. The fourth-order valence-electron chi connectivity index (χ4n) is 3.82. The normalized spacial score (nSPS) is 17.3. The molecule has 0 radical (unpaired) electrons. The van der Waals surface area contributed by atoms with Crippen LogP contribution in [-0.2, 0) is 4.79 Å². The number of nitrogens with one attached hydrogen (secondary N) is 4. The van der Waals surface area contributed by atoms with Crippen LogP contribution in [0.5, 0.6) is 0 Å². The number of allylic oxidation sites excluding steroid dienone is 1. The number of halogens is 1. The Balaban J connectivity index is 1.77. The van der Waals surface area contributed by atoms with E-state index in [2.05, 4.69) is 20.6 Å². The largest absolute Gasteiger partial charge is 0.404 e. The van der Waals surface area contributed by atoms with E-state index in [9.17, 15) is 9.59 Å². The summed E-state index contributed by atoms with van der Waals surface area (Å²) in [6.45, 7) is 0.798. The lowest BCUT2D eigenvalue weighted by molar-refractivity contribution is -0.123. The summed E-state index contributed by atoms with van der Waals surface area (Å²) in [7, 11) is 0. The van der Waals surface area contributed by atoms with Crippen LogP contribution in [0.15, 0.2) is 53.5 Å². The van der Waals surface area contributed by atoms with Crippen molar-refractivity contribution in [2.75, 3.05) is 6.54 Å². The molecule has 0 bridgehead atoms. The standard InChI is InChI=1S/C23H23ClN6O2/c24-16-6-3-13(4-7-16)20(29-23(32)19-2-1-9-27-19)21-28-18-8-5-14(15(11-25)12-26)10-17(18)22(31)30-21/h3-8,10-12,19-20,25,27H,1-2,9,26H2,(H,29,32)(H,28,30,31)/b15-12+,25-11?. The molecule has 2 aromatic carbocycles. The van der Waals surface area contributed by atoms with Crippen LogP contribution < -0.4 is 21.9 Å². The van der Waals surface area contributed by atoms with Crippen LogP contribution in [0.3, 0.4) is 0 Å². The van der Waals surface area contributed by atoms with Crippen molar-refractivity contribution in [2.24, 2.45) is 5.73 Å². The highest BCUT2D eigenvalue weighted by atomic mass is 35.5. The van der Waals surface area contributed by atoms with Crippen LogP contribution >= 0.6 is 11.6 Å². The van der Waals surface area contributed by atoms with E-state index in [0.717, 1.165) is 31.2 Å². The Hall–Kier alpha value is -3.49. The molecule has 1 aliphatic rings. The van der Waals surface area contributed by atoms with Crippen molar-refractivity contribution in [1.29, 1.82) is 5.41 Å². The Morgan fingerprint density at radius 2 is 2.06 bits per heavy atom. The number of nitrogens with two attached hydrogens (primary N) is 1. The van der Waals surface area contributed by atoms with Crippen LogP contribution in [0.25, 0.3) is 16.5 Å². The van der Waals surface area contributed by atoms with Crippen molar-refractivity contribution in [3.05, 3.63) is 81.0 Å². The van der Waals surface area contributed by atoms with E-state index in [1.54, 1.807) is 42.5 Å². The second kappa shape index (κ2) is 9.33. The molecule has 1 aromatic heterocycles. The van der Waals surface area contributed by atoms with Crippen LogP contribution in [0.1, 0.15) is 35.8 Å². The monoisotopic (exact) mass is 450 g/mol. The number of nitrogens with zero attached hydrogens (tertiary/aromatic N) is 1. The number of H-pyrrole nitrogens is 1. The predicted molar refractivity (Wildman–Crippen MR) is 126 cm³/mol. The zero-order chi connectivity index (χ0) is 22.7. The second-order valence-electron chi connectivity index (χ2n) is 7.59. The van der Waals surface area contributed by atoms with Gasteiger partial charge in [-0.1, -0.05) is 29.8 Å². The molecule has 1 amide bonds. The number of benzene rings is 2. The minimum atomic E-state index is -0.653. The fourth-order valence-corrected chi connectivity index (χ4v) is 3.94. The minimum Gasteiger partial charge on any atom is -0.404 e. The summed E-state index contributed by atoms with van der Waals surface area (Å²) in [6.07, 6.45) is 4.13. The molecular weight excluding hydrogens is 428 g/mol. The maximum Gasteiger partial charge on any atom is 0.258 e. The van der Waals surface area contributed by atoms with Gasteiger partial charge in [-0.25, -0.2) is 4.98 Å². The molecule has 1 aliphatic heterocycles. The maximum atomic E-state index is 12.9. The first-order chi connectivity index (χ1) is 15.5. The topological polar surface area (TPSA) is 137 Å². The third kappa shape index (κ3) is 4.42. The summed E-state index contributed by atoms with van der Waals surface area (Å²) < 4.78 is 0. The molecule has 9 heteroatoms. The molecule has 164 valence electrons. The molecule has 0 spiro atoms. The van der Waals surface area contributed by atoms with E-state index in [-0.39, 0.29) is 17.5 Å². The van der Waals surface area contributed by atoms with Gasteiger partial charge in [0.15, 0.2) is 0 Å². The number of aromatic amines is 1. The first-order valence-corrected chi connectivity index (χ1v) is 10.6. The second-order valence-corrected chi connectivity index (χ2v) is 8.03. The number of carbonyl (C=O) groups excluding carboxylic acids is 1. The fraction of sp³-hybridized carbons (Fsp3) is 0.217. The molecule has 1 fully saturated rings. The lowest BCUT2D eigenvalue weighted by Gasteiger charge is -2.21. The van der Waals surface area contributed by atoms with Crippen molar-refractivity contribution in [3.63, 3.8) is 0 Å². The molecule has 0 saturated carbocycles. The van der Waals surface area contributed by atoms with Crippen molar-refractivity contribution < 1.29 is 4.79 Å². The zero-order valence-corrected chi connectivity index (χ0v) is 17.9. The van der Waals surface area contributed by atoms with E-state index in [0.29, 0.717) is 32.9 Å². The van der Waals surface area contributed by atoms with E-state index in [1.807, 2.05) is 0 Å². The van der Waals surface area contributed by atoms with Gasteiger partial charge in [0.25, 0.3) is 5.56 Å². The SMILES string of the molecule is N=C/C(=C\N)c1ccc2nc(C(NC(=O)C3CCCN3)c3ccc(Cl)cc3)[nH]c(=O)c2c1. The van der Waals surface area contributed by atoms with Crippen LogP contribution in [0.2, 0.25) is 5.02 Å². The molecule has 2 unspecified atom stereocenters. The van der Waals surface area contributed by atoms with Gasteiger partial charge in [-0.05, 0) is 54.8 Å². The van der Waals surface area contributed by atoms with Gasteiger partial charge in [0.2, 0.25) is 5.91 Å². The van der Waals surface area contributed by atoms with Gasteiger partial charge >= 0.3 is 0 Å². The van der Waals surface area contributed by atoms with E-state index >= 15 is 0 Å². The highest BCUT2D eigenvalue weighted by molar-refractivity contribution is 6.30. The summed E-state index contributed by atoms with van der Waals surface area (Å²) >= 11 is 6.04. The first kappa shape index (κ1) is 21.7. The van der Waals surface area contributed by atoms with Crippen LogP contribution in [-0.4, -0.2) is 34.7 Å². The number of amides is 1. The lowest BCUT2D eigenvalue weighted by Crippen LogP contribution is -2.43. The Kier molecular flexibility index (Phi) is 6.34. The number of rotatable bonds is 6. The van der Waals surface area contributed by atoms with Gasteiger partial charge in [0, 0.05) is 23.0 Å². The molecule has 8 nitrogen and oxygen atoms in total. The van der Waals surface area contributed by atoms with Gasteiger partial charge in [0.1, 0.15) is 11.9 Å². The average molecular weight is 451 g/mol. The zero-order valence-electron chi connectivity index (χ0n) is 17.2. The lowest BCUT2D eigenvalue weighted by atomic mass is 10.0. The molecule has 2 heterocycles. The third-order valence-corrected chi connectivity index (χ3v) is 5.78. The summed E-state index contributed by atoms with van der Waals surface area (Å²) in [5.41, 5.74) is 7.57. The van der Waals surface area contributed by atoms with Crippen molar-refractivity contribution >= 4 is 40.2 Å². The van der Waals surface area contributed by atoms with Gasteiger partial charge in [-0.15, -0.1) is 0 Å². The van der Waals surface area contributed by atoms with Gasteiger partial charge < -0.3 is 26.8 Å². The number of hydrogen-bond donors (Lipinski definition) is 5. The molecule has 1 saturated heterocycles. The number of carbonyl (C=O) groups is 1. The van der Waals surface area contributed by atoms with Crippen LogP contribution in [0.4, 0.5) is 0 Å². The first-order valence-electron chi connectivity index (χ1n) is 10.3. The van der Waals surface area contributed by atoms with Gasteiger partial charge in [-0.3, -0.25) is 9.59 Å². The Morgan fingerprint density at radius 1 is 1.28 bits per heavy atom. The molecule has 4 rings (SSSR count). The predicted octanol–water partition coefficient (Wildman–Crippen LogP) is 2.48. The van der Waals surface area contributed by atoms with E-state index < -0.39 is 6.04 Å². The summed E-state index contributed by atoms with van der Waals surface area (Å²) in [6, 6.07) is 11.2. The molecule has 6 N–H and O–H groups in total. The van der Waals surface area contributed by atoms with Gasteiger partial charge in [0.05, 0.1) is 16.9 Å². The number of hydrogen-bond acceptors (Lipinski definition) is 6. The Morgan fingerprint density at radius 3 is 2.72 bits per heavy atom. The number of fused-ring (bicyclic) bond motifs is 1. The highest BCUT2D eigenvalue weighted by Gasteiger charge is 2.27. The van der Waals surface area contributed by atoms with Crippen molar-refractivity contribution in [2.45, 2.75) is 24.9 Å². The quantitative estimate of drug-likeness (QED) is 0.367. The molecule has 32 heavy (non-hydrogen) atoms. The molecule has 2 atom stereocenters. The van der Waals surface area contributed by atoms with Crippen molar-refractivity contribution in [3.8, 4) is 0 Å². The van der Waals surface area contributed by atoms with Crippen molar-refractivity contribution in [1.82, 2.24) is 20.6 Å².